The second-order valence-electron chi connectivity index (χ2n) is 18.5. The van der Waals surface area contributed by atoms with Crippen LogP contribution in [-0.4, -0.2) is 125 Å². The van der Waals surface area contributed by atoms with Gasteiger partial charge in [0.25, 0.3) is 0 Å². The summed E-state index contributed by atoms with van der Waals surface area (Å²) in [4.78, 5) is 0. The third-order valence-corrected chi connectivity index (χ3v) is 12.5. The van der Waals surface area contributed by atoms with E-state index < -0.39 is 28.7 Å². The molecule has 12 heteroatoms. The molecule has 0 aliphatic heterocycles. The van der Waals surface area contributed by atoms with Crippen molar-refractivity contribution in [1.29, 1.82) is 0 Å². The summed E-state index contributed by atoms with van der Waals surface area (Å²) in [6, 6.07) is 0. The van der Waals surface area contributed by atoms with Gasteiger partial charge in [0.05, 0.1) is 72.1 Å². The van der Waals surface area contributed by atoms with Gasteiger partial charge in [-0.2, -0.15) is 0 Å². The summed E-state index contributed by atoms with van der Waals surface area (Å²) in [5.41, 5.74) is 0. The van der Waals surface area contributed by atoms with Crippen LogP contribution in [0.3, 0.4) is 0 Å². The summed E-state index contributed by atoms with van der Waals surface area (Å²) < 4.78 is 49.7. The lowest BCUT2D eigenvalue weighted by Crippen LogP contribution is -2.51. The Hall–Kier alpha value is -0.410. The fourth-order valence-electron chi connectivity index (χ4n) is 7.70. The van der Waals surface area contributed by atoms with Gasteiger partial charge in [-0.05, 0) is 19.3 Å². The van der Waals surface area contributed by atoms with E-state index in [9.17, 15) is 28.3 Å². The molecule has 11 nitrogen and oxygen atoms in total. The number of aliphatic hydroxyl groups is 3. The highest BCUT2D eigenvalue weighted by Gasteiger charge is 2.22. The molecule has 0 bridgehead atoms. The quantitative estimate of drug-likeness (QED) is 0.0232. The lowest BCUT2D eigenvalue weighted by molar-refractivity contribution is -0.910. The highest BCUT2D eigenvalue weighted by atomic mass is 32.3. The number of nitrogens with zero attached hydrogens (tertiary/aromatic N) is 1. The number of unbranched alkanes of at least 4 members (excludes halogenated alkanes) is 27. The van der Waals surface area contributed by atoms with Gasteiger partial charge in [0.1, 0.15) is 19.6 Å². The first kappa shape index (κ1) is 63.7. The predicted molar refractivity (Wildman–Crippen MR) is 257 cm³/mol. The molecule has 0 radical (unpaired) electrons. The van der Waals surface area contributed by atoms with Gasteiger partial charge in [-0.25, -0.2) is 8.42 Å². The van der Waals surface area contributed by atoms with Crippen LogP contribution in [0.1, 0.15) is 233 Å². The molecule has 3 atom stereocenters. The zero-order chi connectivity index (χ0) is 46.3. The minimum Gasteiger partial charge on any atom is -0.726 e. The molecule has 0 spiro atoms. The van der Waals surface area contributed by atoms with Gasteiger partial charge in [-0.1, -0.05) is 213 Å². The van der Waals surface area contributed by atoms with E-state index in [1.54, 1.807) is 0 Å². The highest BCUT2D eigenvalue weighted by Crippen LogP contribution is 2.15. The largest absolute Gasteiger partial charge is 0.726 e. The van der Waals surface area contributed by atoms with E-state index in [0.717, 1.165) is 69.8 Å². The smallest absolute Gasteiger partial charge is 0.217 e. The number of rotatable bonds is 49. The fourth-order valence-corrected chi connectivity index (χ4v) is 7.70. The van der Waals surface area contributed by atoms with E-state index >= 15 is 0 Å². The summed E-state index contributed by atoms with van der Waals surface area (Å²) in [5.74, 6) is 0. The van der Waals surface area contributed by atoms with E-state index in [2.05, 4.69) is 32.0 Å². The van der Waals surface area contributed by atoms with Crippen LogP contribution in [0.2, 0.25) is 0 Å². The van der Waals surface area contributed by atoms with Crippen LogP contribution in [-0.2, 0) is 28.8 Å². The van der Waals surface area contributed by atoms with Gasteiger partial charge in [0.15, 0.2) is 0 Å². The van der Waals surface area contributed by atoms with Gasteiger partial charge in [0.2, 0.25) is 10.4 Å². The third-order valence-electron chi connectivity index (χ3n) is 12.1. The Bertz CT molecular complexity index is 882. The van der Waals surface area contributed by atoms with Gasteiger partial charge >= 0.3 is 0 Å². The normalized spacial score (nSPS) is 14.3. The second-order valence-corrected chi connectivity index (χ2v) is 19.6. The molecule has 0 heterocycles. The molecule has 376 valence electrons. The van der Waals surface area contributed by atoms with Crippen LogP contribution in [0.4, 0.5) is 0 Å². The predicted octanol–water partition coefficient (Wildman–Crippen LogP) is 11.6. The molecule has 0 aliphatic rings. The van der Waals surface area contributed by atoms with Crippen molar-refractivity contribution in [3.8, 4) is 0 Å². The summed E-state index contributed by atoms with van der Waals surface area (Å²) >= 11 is 0. The Morgan fingerprint density at radius 2 is 0.613 bits per heavy atom. The lowest BCUT2D eigenvalue weighted by Gasteiger charge is -2.34. The van der Waals surface area contributed by atoms with Crippen LogP contribution < -0.4 is 0 Å². The number of ether oxygens (including phenoxy) is 3. The standard InChI is InChI=1S/C49H102NO6.CH4O4S/c1-5-8-11-14-17-20-23-26-29-32-35-47(51)44-54-41-38-50(4,39-42-55-45-48(52)36-33-30-27-24-21-18-15-12-9-6-2)40-43-56-46-49(53)37-34-31-28-25-22-19-16-13-10-7-3;1-5-6(2,3)4/h47-49,51-53H,5-46H2,1-4H3;1H3,(H,2,3,4)/q+1;/p-1. The van der Waals surface area contributed by atoms with Gasteiger partial charge in [0, 0.05) is 0 Å². The van der Waals surface area contributed by atoms with Crippen LogP contribution in [0, 0.1) is 0 Å². The molecule has 0 aliphatic carbocycles. The molecule has 0 saturated carbocycles. The summed E-state index contributed by atoms with van der Waals surface area (Å²) in [6.45, 7) is 12.1. The Labute approximate surface area is 384 Å². The van der Waals surface area contributed by atoms with E-state index in [1.165, 1.54) is 173 Å². The average Bonchev–Trinajstić information content (AvgIpc) is 3.24. The van der Waals surface area contributed by atoms with E-state index in [4.69, 9.17) is 14.2 Å². The van der Waals surface area contributed by atoms with Crippen molar-refractivity contribution in [2.24, 2.45) is 0 Å². The maximum Gasteiger partial charge on any atom is 0.217 e. The van der Waals surface area contributed by atoms with Crippen LogP contribution >= 0.6 is 0 Å². The van der Waals surface area contributed by atoms with Crippen molar-refractivity contribution >= 4 is 10.4 Å². The summed E-state index contributed by atoms with van der Waals surface area (Å²) in [6.07, 6.45) is 40.3. The maximum absolute atomic E-state index is 10.5. The molecule has 0 rings (SSSR count). The Morgan fingerprint density at radius 3 is 0.806 bits per heavy atom. The van der Waals surface area contributed by atoms with Crippen molar-refractivity contribution in [2.75, 3.05) is 73.4 Å². The number of hydrogen-bond donors (Lipinski definition) is 3. The first-order chi connectivity index (χ1) is 29.9. The Balaban J connectivity index is 0. The molecular weight excluding hydrogens is 807 g/mol. The molecular formula is C50H105NO10S. The van der Waals surface area contributed by atoms with Crippen LogP contribution in [0.15, 0.2) is 0 Å². The highest BCUT2D eigenvalue weighted by molar-refractivity contribution is 7.80. The maximum atomic E-state index is 10.5. The number of aliphatic hydroxyl groups excluding tert-OH is 3. The average molecular weight is 912 g/mol. The monoisotopic (exact) mass is 912 g/mol. The van der Waals surface area contributed by atoms with Gasteiger partial charge in [-0.15, -0.1) is 0 Å². The zero-order valence-corrected chi connectivity index (χ0v) is 42.3. The SMILES string of the molecule is CCCCCCCCCCCCC(O)COCC[N+](C)(CCOCC(O)CCCCCCCCCCCC)CCOCC(O)CCCCCCCCCCCC.COS(=O)(=O)[O-]. The molecule has 0 saturated heterocycles. The number of hydrogen-bond acceptors (Lipinski definition) is 10. The summed E-state index contributed by atoms with van der Waals surface area (Å²) in [7, 11) is -1.39. The van der Waals surface area contributed by atoms with Crippen molar-refractivity contribution in [1.82, 2.24) is 0 Å². The molecule has 0 amide bonds. The molecule has 3 N–H and O–H groups in total. The van der Waals surface area contributed by atoms with Crippen molar-refractivity contribution in [3.63, 3.8) is 0 Å². The first-order valence-corrected chi connectivity index (χ1v) is 27.4. The first-order valence-electron chi connectivity index (χ1n) is 26.0. The molecule has 62 heavy (non-hydrogen) atoms. The van der Waals surface area contributed by atoms with Gasteiger partial charge < -0.3 is 38.6 Å². The third kappa shape index (κ3) is 52.2. The minimum absolute atomic E-state index is 0.390. The second kappa shape index (κ2) is 48.5. The Morgan fingerprint density at radius 1 is 0.419 bits per heavy atom. The van der Waals surface area contributed by atoms with E-state index in [0.29, 0.717) is 39.6 Å². The molecule has 3 unspecified atom stereocenters. The zero-order valence-electron chi connectivity index (χ0n) is 41.5. The van der Waals surface area contributed by atoms with E-state index in [-0.39, 0.29) is 0 Å². The molecule has 0 aromatic carbocycles. The van der Waals surface area contributed by atoms with E-state index in [1.807, 2.05) is 0 Å². The van der Waals surface area contributed by atoms with Crippen LogP contribution in [0.5, 0.6) is 0 Å². The van der Waals surface area contributed by atoms with Crippen molar-refractivity contribution in [3.05, 3.63) is 0 Å². The Kier molecular flexibility index (Phi) is 49.8. The number of likely N-dealkylation sites (N-methyl/N-ethyl adjacent to an activating group) is 1. The lowest BCUT2D eigenvalue weighted by atomic mass is 10.0. The topological polar surface area (TPSA) is 155 Å². The van der Waals surface area contributed by atoms with Crippen molar-refractivity contribution in [2.45, 2.75) is 251 Å². The van der Waals surface area contributed by atoms with Crippen LogP contribution in [0.25, 0.3) is 0 Å². The molecule has 0 aromatic rings. The van der Waals surface area contributed by atoms with Gasteiger partial charge in [-0.3, -0.25) is 4.18 Å². The molecule has 0 fully saturated rings. The molecule has 0 aromatic heterocycles. The number of quaternary nitrogens is 1. The summed E-state index contributed by atoms with van der Waals surface area (Å²) in [5, 5.41) is 31.6. The fraction of sp³-hybridized carbons (Fsp3) is 1.00. The minimum atomic E-state index is -4.41. The van der Waals surface area contributed by atoms with Crippen molar-refractivity contribution < 1.29 is 51.2 Å².